The zero-order chi connectivity index (χ0) is 15.0. The maximum Gasteiger partial charge on any atom is 0.203 e. The van der Waals surface area contributed by atoms with E-state index in [2.05, 4.69) is 16.9 Å². The lowest BCUT2D eigenvalue weighted by Gasteiger charge is -2.16. The van der Waals surface area contributed by atoms with E-state index in [1.807, 2.05) is 41.8 Å². The van der Waals surface area contributed by atoms with Gasteiger partial charge in [0.2, 0.25) is 5.95 Å². The number of imidazole rings is 1. The molecule has 1 aromatic carbocycles. The first kappa shape index (κ1) is 13.4. The number of aromatic nitrogens is 3. The first-order chi connectivity index (χ1) is 10.1. The largest absolute Gasteiger partial charge is 0.497 e. The molecule has 5 heteroatoms. The van der Waals surface area contributed by atoms with Gasteiger partial charge in [-0.05, 0) is 43.2 Å². The van der Waals surface area contributed by atoms with Gasteiger partial charge in [-0.15, -0.1) is 0 Å². The minimum Gasteiger partial charge on any atom is -0.497 e. The molecule has 0 bridgehead atoms. The second-order valence-electron chi connectivity index (χ2n) is 5.09. The van der Waals surface area contributed by atoms with Crippen LogP contribution in [0.3, 0.4) is 0 Å². The van der Waals surface area contributed by atoms with Crippen LogP contribution < -0.4 is 10.5 Å². The van der Waals surface area contributed by atoms with Crippen molar-refractivity contribution >= 4 is 17.1 Å². The number of nitrogens with two attached hydrogens (primary N) is 1. The maximum absolute atomic E-state index is 6.10. The first-order valence-electron chi connectivity index (χ1n) is 6.84. The first-order valence-corrected chi connectivity index (χ1v) is 6.84. The van der Waals surface area contributed by atoms with Crippen LogP contribution in [0.15, 0.2) is 36.5 Å². The lowest BCUT2D eigenvalue weighted by atomic mass is 10.1. The number of hydrogen-bond donors (Lipinski definition) is 1. The number of aryl methyl sites for hydroxylation is 1. The van der Waals surface area contributed by atoms with E-state index >= 15 is 0 Å². The number of rotatable bonds is 3. The van der Waals surface area contributed by atoms with Crippen LogP contribution in [0.25, 0.3) is 11.2 Å². The molecule has 1 unspecified atom stereocenters. The molecule has 0 spiro atoms. The van der Waals surface area contributed by atoms with Gasteiger partial charge in [0.25, 0.3) is 0 Å². The van der Waals surface area contributed by atoms with Crippen LogP contribution in [-0.4, -0.2) is 21.6 Å². The molecular formula is C16H18N4O. The smallest absolute Gasteiger partial charge is 0.203 e. The summed E-state index contributed by atoms with van der Waals surface area (Å²) in [5.41, 5.74) is 9.98. The number of nitrogen functional groups attached to an aromatic ring is 1. The number of ether oxygens (including phenoxy) is 1. The molecule has 1 atom stereocenters. The van der Waals surface area contributed by atoms with Gasteiger partial charge in [0.15, 0.2) is 5.65 Å². The predicted molar refractivity (Wildman–Crippen MR) is 83.5 cm³/mol. The van der Waals surface area contributed by atoms with E-state index in [-0.39, 0.29) is 6.04 Å². The molecule has 2 N–H and O–H groups in total. The van der Waals surface area contributed by atoms with Gasteiger partial charge >= 0.3 is 0 Å². The third kappa shape index (κ3) is 2.20. The van der Waals surface area contributed by atoms with E-state index in [9.17, 15) is 0 Å². The summed E-state index contributed by atoms with van der Waals surface area (Å²) in [6.45, 7) is 4.10. The van der Waals surface area contributed by atoms with Crippen molar-refractivity contribution in [2.45, 2.75) is 19.9 Å². The van der Waals surface area contributed by atoms with Crippen LogP contribution in [0.2, 0.25) is 0 Å². The molecule has 0 aliphatic heterocycles. The molecule has 2 heterocycles. The van der Waals surface area contributed by atoms with E-state index in [1.54, 1.807) is 13.3 Å². The molecular weight excluding hydrogens is 264 g/mol. The van der Waals surface area contributed by atoms with Crippen molar-refractivity contribution in [2.75, 3.05) is 12.8 Å². The van der Waals surface area contributed by atoms with Crippen LogP contribution in [0.5, 0.6) is 5.75 Å². The fourth-order valence-electron chi connectivity index (χ4n) is 2.54. The van der Waals surface area contributed by atoms with Gasteiger partial charge in [0, 0.05) is 6.20 Å². The molecule has 0 radical (unpaired) electrons. The third-order valence-corrected chi connectivity index (χ3v) is 3.79. The standard InChI is InChI=1S/C16H18N4O/c1-10-8-9-18-15-14(10)19-16(17)20(15)11(2)12-4-6-13(21-3)7-5-12/h4-9,11H,1-3H3,(H2,17,19). The zero-order valence-electron chi connectivity index (χ0n) is 12.4. The molecule has 2 aromatic heterocycles. The molecule has 3 aromatic rings. The summed E-state index contributed by atoms with van der Waals surface area (Å²) in [4.78, 5) is 8.89. The topological polar surface area (TPSA) is 66.0 Å². The van der Waals surface area contributed by atoms with Crippen molar-refractivity contribution in [1.82, 2.24) is 14.5 Å². The Morgan fingerprint density at radius 2 is 1.90 bits per heavy atom. The summed E-state index contributed by atoms with van der Waals surface area (Å²) in [7, 11) is 1.66. The van der Waals surface area contributed by atoms with Crippen LogP contribution in [0.4, 0.5) is 5.95 Å². The van der Waals surface area contributed by atoms with Gasteiger partial charge in [0.05, 0.1) is 13.2 Å². The summed E-state index contributed by atoms with van der Waals surface area (Å²) in [5, 5.41) is 0. The average molecular weight is 282 g/mol. The highest BCUT2D eigenvalue weighted by Crippen LogP contribution is 2.28. The molecule has 108 valence electrons. The number of pyridine rings is 1. The third-order valence-electron chi connectivity index (χ3n) is 3.79. The molecule has 0 saturated heterocycles. The average Bonchev–Trinajstić information content (AvgIpc) is 2.84. The minimum absolute atomic E-state index is 0.0511. The number of anilines is 1. The van der Waals surface area contributed by atoms with E-state index in [1.165, 1.54) is 0 Å². The van der Waals surface area contributed by atoms with E-state index in [0.29, 0.717) is 5.95 Å². The lowest BCUT2D eigenvalue weighted by molar-refractivity contribution is 0.414. The van der Waals surface area contributed by atoms with Gasteiger partial charge in [-0.1, -0.05) is 12.1 Å². The minimum atomic E-state index is 0.0511. The second-order valence-corrected chi connectivity index (χ2v) is 5.09. The number of methoxy groups -OCH3 is 1. The van der Waals surface area contributed by atoms with Gasteiger partial charge in [-0.25, -0.2) is 9.97 Å². The Labute approximate surface area is 123 Å². The highest BCUT2D eigenvalue weighted by Gasteiger charge is 2.17. The molecule has 0 aliphatic rings. The fraction of sp³-hybridized carbons (Fsp3) is 0.250. The summed E-state index contributed by atoms with van der Waals surface area (Å²) in [6, 6.07) is 9.95. The van der Waals surface area contributed by atoms with Crippen LogP contribution >= 0.6 is 0 Å². The van der Waals surface area contributed by atoms with Crippen molar-refractivity contribution in [2.24, 2.45) is 0 Å². The van der Waals surface area contributed by atoms with Crippen LogP contribution in [-0.2, 0) is 0 Å². The molecule has 0 amide bonds. The molecule has 5 nitrogen and oxygen atoms in total. The molecule has 21 heavy (non-hydrogen) atoms. The van der Waals surface area contributed by atoms with Gasteiger partial charge in [-0.3, -0.25) is 4.57 Å². The van der Waals surface area contributed by atoms with Crippen molar-refractivity contribution in [3.05, 3.63) is 47.7 Å². The van der Waals surface area contributed by atoms with Gasteiger partial charge < -0.3 is 10.5 Å². The highest BCUT2D eigenvalue weighted by atomic mass is 16.5. The van der Waals surface area contributed by atoms with E-state index in [0.717, 1.165) is 28.0 Å². The fourth-order valence-corrected chi connectivity index (χ4v) is 2.54. The molecule has 0 saturated carbocycles. The van der Waals surface area contributed by atoms with Gasteiger partial charge in [-0.2, -0.15) is 0 Å². The number of hydrogen-bond acceptors (Lipinski definition) is 4. The number of nitrogens with zero attached hydrogens (tertiary/aromatic N) is 3. The van der Waals surface area contributed by atoms with E-state index in [4.69, 9.17) is 10.5 Å². The SMILES string of the molecule is COc1ccc(C(C)n2c(N)nc3c(C)ccnc32)cc1. The maximum atomic E-state index is 6.10. The molecule has 3 rings (SSSR count). The Hall–Kier alpha value is -2.56. The Morgan fingerprint density at radius 1 is 1.19 bits per heavy atom. The van der Waals surface area contributed by atoms with Gasteiger partial charge in [0.1, 0.15) is 11.3 Å². The lowest BCUT2D eigenvalue weighted by Crippen LogP contribution is -2.10. The Kier molecular flexibility index (Phi) is 3.25. The number of fused-ring (bicyclic) bond motifs is 1. The van der Waals surface area contributed by atoms with Crippen molar-refractivity contribution in [3.63, 3.8) is 0 Å². The predicted octanol–water partition coefficient (Wildman–Crippen LogP) is 2.94. The van der Waals surface area contributed by atoms with Crippen LogP contribution in [0, 0.1) is 6.92 Å². The summed E-state index contributed by atoms with van der Waals surface area (Å²) in [5.74, 6) is 1.32. The Bertz CT molecular complexity index is 777. The summed E-state index contributed by atoms with van der Waals surface area (Å²) in [6.07, 6.45) is 1.79. The molecule has 0 aliphatic carbocycles. The van der Waals surface area contributed by atoms with Crippen molar-refractivity contribution in [3.8, 4) is 5.75 Å². The summed E-state index contributed by atoms with van der Waals surface area (Å²) < 4.78 is 7.16. The monoisotopic (exact) mass is 282 g/mol. The quantitative estimate of drug-likeness (QED) is 0.802. The normalized spacial score (nSPS) is 12.5. The summed E-state index contributed by atoms with van der Waals surface area (Å²) >= 11 is 0. The van der Waals surface area contributed by atoms with Crippen molar-refractivity contribution < 1.29 is 4.74 Å². The van der Waals surface area contributed by atoms with Crippen LogP contribution in [0.1, 0.15) is 24.1 Å². The Balaban J connectivity index is 2.10. The highest BCUT2D eigenvalue weighted by molar-refractivity contribution is 5.77. The number of benzene rings is 1. The second kappa shape index (κ2) is 5.09. The Morgan fingerprint density at radius 3 is 2.57 bits per heavy atom. The van der Waals surface area contributed by atoms with Crippen molar-refractivity contribution in [1.29, 1.82) is 0 Å². The zero-order valence-corrected chi connectivity index (χ0v) is 12.4. The molecule has 0 fully saturated rings. The van der Waals surface area contributed by atoms with E-state index < -0.39 is 0 Å².